The normalized spacial score (nSPS) is 17.3. The summed E-state index contributed by atoms with van der Waals surface area (Å²) in [6, 6.07) is 9.02. The van der Waals surface area contributed by atoms with Gasteiger partial charge in [-0.05, 0) is 37.1 Å². The van der Waals surface area contributed by atoms with Crippen molar-refractivity contribution in [1.82, 2.24) is 30.8 Å². The van der Waals surface area contributed by atoms with Crippen molar-refractivity contribution in [3.63, 3.8) is 0 Å². The predicted molar refractivity (Wildman–Crippen MR) is 158 cm³/mol. The molecule has 3 N–H and O–H groups in total. The molecule has 5 amide bonds. The van der Waals surface area contributed by atoms with Gasteiger partial charge in [0.1, 0.15) is 12.1 Å². The van der Waals surface area contributed by atoms with Gasteiger partial charge in [-0.15, -0.1) is 0 Å². The van der Waals surface area contributed by atoms with E-state index < -0.39 is 59.9 Å². The van der Waals surface area contributed by atoms with Gasteiger partial charge in [-0.1, -0.05) is 47.5 Å². The molecule has 0 saturated carbocycles. The standard InChI is InChI=1S/C29H26Cl2N6O8/c30-17-8-4-9-18(31)24(17)21-15-32-28(45-21)25(41)19(14-23(39)40)33-27(43)20-10-5-12-36-22(38)11-13-35(29(44)37(20)36)34-26(42)16-6-2-1-3-7-16/h1-4,6-9,15,19-20H,5,10-14H2,(H,33,43)(H,34,42)(H,39,40)/t19-,20-/m0/s1. The molecule has 0 bridgehead atoms. The van der Waals surface area contributed by atoms with E-state index in [1.54, 1.807) is 48.5 Å². The molecule has 45 heavy (non-hydrogen) atoms. The number of hydrogen-bond donors (Lipinski definition) is 3. The first kappa shape index (κ1) is 31.5. The highest BCUT2D eigenvalue weighted by molar-refractivity contribution is 6.39. The second kappa shape index (κ2) is 13.4. The fourth-order valence-corrected chi connectivity index (χ4v) is 5.61. The molecule has 2 aliphatic rings. The molecule has 0 spiro atoms. The highest BCUT2D eigenvalue weighted by Gasteiger charge is 2.45. The maximum atomic E-state index is 13.7. The fourth-order valence-electron chi connectivity index (χ4n) is 5.03. The molecule has 0 radical (unpaired) electrons. The zero-order valence-corrected chi connectivity index (χ0v) is 25.0. The summed E-state index contributed by atoms with van der Waals surface area (Å²) >= 11 is 12.4. The number of nitrogens with one attached hydrogen (secondary N) is 2. The Morgan fingerprint density at radius 2 is 1.73 bits per heavy atom. The molecule has 234 valence electrons. The summed E-state index contributed by atoms with van der Waals surface area (Å²) in [7, 11) is 0. The molecule has 14 nitrogen and oxygen atoms in total. The number of aromatic nitrogens is 1. The number of carbonyl (C=O) groups excluding carboxylic acids is 5. The Bertz CT molecular complexity index is 1640. The van der Waals surface area contributed by atoms with Crippen LogP contribution in [0.1, 0.15) is 46.7 Å². The van der Waals surface area contributed by atoms with E-state index in [-0.39, 0.29) is 52.9 Å². The summed E-state index contributed by atoms with van der Waals surface area (Å²) in [5.41, 5.74) is 3.03. The van der Waals surface area contributed by atoms with E-state index in [0.29, 0.717) is 6.42 Å². The average Bonchev–Trinajstić information content (AvgIpc) is 3.47. The summed E-state index contributed by atoms with van der Waals surface area (Å²) < 4.78 is 5.57. The van der Waals surface area contributed by atoms with Crippen molar-refractivity contribution in [3.8, 4) is 11.3 Å². The molecular weight excluding hydrogens is 631 g/mol. The molecule has 16 heteroatoms. The number of nitrogens with zero attached hydrogens (tertiary/aromatic N) is 4. The van der Waals surface area contributed by atoms with E-state index >= 15 is 0 Å². The van der Waals surface area contributed by atoms with Gasteiger partial charge < -0.3 is 14.8 Å². The summed E-state index contributed by atoms with van der Waals surface area (Å²) in [4.78, 5) is 82.1. The van der Waals surface area contributed by atoms with Gasteiger partial charge in [0.25, 0.3) is 11.8 Å². The van der Waals surface area contributed by atoms with Crippen LogP contribution in [0.3, 0.4) is 0 Å². The number of amides is 5. The van der Waals surface area contributed by atoms with Crippen molar-refractivity contribution < 1.29 is 38.3 Å². The predicted octanol–water partition coefficient (Wildman–Crippen LogP) is 3.17. The van der Waals surface area contributed by atoms with Crippen molar-refractivity contribution in [2.24, 2.45) is 0 Å². The number of benzene rings is 2. The van der Waals surface area contributed by atoms with Gasteiger partial charge in [0.15, 0.2) is 5.76 Å². The van der Waals surface area contributed by atoms with Crippen molar-refractivity contribution in [2.75, 3.05) is 13.1 Å². The number of oxazole rings is 1. The van der Waals surface area contributed by atoms with E-state index in [4.69, 9.17) is 27.6 Å². The van der Waals surface area contributed by atoms with Crippen molar-refractivity contribution in [3.05, 3.63) is 76.2 Å². The van der Waals surface area contributed by atoms with Crippen molar-refractivity contribution in [2.45, 2.75) is 37.8 Å². The molecule has 3 heterocycles. The van der Waals surface area contributed by atoms with Crippen LogP contribution in [-0.4, -0.2) is 85.8 Å². The number of ketones is 1. The largest absolute Gasteiger partial charge is 0.481 e. The van der Waals surface area contributed by atoms with Crippen LogP contribution in [0.4, 0.5) is 4.79 Å². The molecular formula is C29H26Cl2N6O8. The lowest BCUT2D eigenvalue weighted by Gasteiger charge is -2.43. The number of carboxylic acid groups (broad SMARTS) is 1. The molecule has 1 aromatic heterocycles. The van der Waals surface area contributed by atoms with Gasteiger partial charge in [0, 0.05) is 18.5 Å². The molecule has 5 rings (SSSR count). The van der Waals surface area contributed by atoms with Crippen LogP contribution < -0.4 is 10.7 Å². The number of halogens is 2. The van der Waals surface area contributed by atoms with Gasteiger partial charge in [-0.3, -0.25) is 29.4 Å². The fraction of sp³-hybridized carbons (Fsp3) is 0.276. The molecule has 3 aromatic rings. The summed E-state index contributed by atoms with van der Waals surface area (Å²) in [5, 5.41) is 15.4. The van der Waals surface area contributed by atoms with E-state index in [9.17, 15) is 33.9 Å². The van der Waals surface area contributed by atoms with Crippen molar-refractivity contribution >= 4 is 58.7 Å². The number of fused-ring (bicyclic) bond motifs is 1. The minimum Gasteiger partial charge on any atom is -0.481 e. The second-order valence-electron chi connectivity index (χ2n) is 10.2. The SMILES string of the molecule is O=C(O)C[C@H](NC(=O)[C@@H]1CCCN2C(=O)CCN(NC(=O)c3ccccc3)C(=O)N12)C(=O)c1ncc(-c2c(Cl)cccc2Cl)o1. The number of Topliss-reactive ketones (excluding diaryl/α,β-unsaturated/α-hetero) is 1. The van der Waals surface area contributed by atoms with Crippen LogP contribution in [0.5, 0.6) is 0 Å². The average molecular weight is 657 g/mol. The van der Waals surface area contributed by atoms with Gasteiger partial charge in [0.05, 0.1) is 34.8 Å². The first-order valence-electron chi connectivity index (χ1n) is 13.8. The van der Waals surface area contributed by atoms with Gasteiger partial charge >= 0.3 is 12.0 Å². The van der Waals surface area contributed by atoms with E-state index in [1.165, 1.54) is 6.20 Å². The third-order valence-corrected chi connectivity index (χ3v) is 7.81. The number of hydrogen-bond acceptors (Lipinski definition) is 8. The van der Waals surface area contributed by atoms with E-state index in [2.05, 4.69) is 15.7 Å². The van der Waals surface area contributed by atoms with Crippen LogP contribution >= 0.6 is 23.2 Å². The number of carboxylic acids is 1. The van der Waals surface area contributed by atoms with Crippen LogP contribution in [-0.2, 0) is 14.4 Å². The number of hydrazine groups is 2. The van der Waals surface area contributed by atoms with Gasteiger partial charge in [-0.2, -0.15) is 0 Å². The van der Waals surface area contributed by atoms with E-state index in [0.717, 1.165) is 15.0 Å². The van der Waals surface area contributed by atoms with Crippen LogP contribution in [0.2, 0.25) is 10.0 Å². The summed E-state index contributed by atoms with van der Waals surface area (Å²) in [5.74, 6) is -4.77. The first-order chi connectivity index (χ1) is 21.5. The van der Waals surface area contributed by atoms with Gasteiger partial charge in [-0.25, -0.2) is 24.8 Å². The third kappa shape index (κ3) is 6.76. The Kier molecular flexibility index (Phi) is 9.34. The molecule has 2 atom stereocenters. The Morgan fingerprint density at radius 3 is 2.42 bits per heavy atom. The first-order valence-corrected chi connectivity index (χ1v) is 14.5. The molecule has 2 fully saturated rings. The van der Waals surface area contributed by atoms with Crippen LogP contribution in [0.25, 0.3) is 11.3 Å². The van der Waals surface area contributed by atoms with Crippen molar-refractivity contribution in [1.29, 1.82) is 0 Å². The Hall–Kier alpha value is -4.95. The van der Waals surface area contributed by atoms with Gasteiger partial charge in [0.2, 0.25) is 17.6 Å². The minimum absolute atomic E-state index is 0.0450. The Balaban J connectivity index is 1.37. The molecule has 0 aliphatic carbocycles. The Labute approximate surface area is 265 Å². The third-order valence-electron chi connectivity index (χ3n) is 7.18. The zero-order chi connectivity index (χ0) is 32.2. The monoisotopic (exact) mass is 656 g/mol. The van der Waals surface area contributed by atoms with Crippen LogP contribution in [0, 0.1) is 0 Å². The maximum absolute atomic E-state index is 13.7. The molecule has 0 unspecified atom stereocenters. The lowest BCUT2D eigenvalue weighted by atomic mass is 10.0. The minimum atomic E-state index is -1.65. The number of rotatable bonds is 9. The van der Waals surface area contributed by atoms with E-state index in [1.807, 2.05) is 0 Å². The highest BCUT2D eigenvalue weighted by Crippen LogP contribution is 2.35. The topological polar surface area (TPSA) is 182 Å². The smallest absolute Gasteiger partial charge is 0.358 e. The lowest BCUT2D eigenvalue weighted by Crippen LogP contribution is -2.65. The zero-order valence-electron chi connectivity index (χ0n) is 23.4. The second-order valence-corrected chi connectivity index (χ2v) is 11.0. The quantitative estimate of drug-likeness (QED) is 0.291. The molecule has 2 aliphatic heterocycles. The summed E-state index contributed by atoms with van der Waals surface area (Å²) in [6.45, 7) is -0.0182. The summed E-state index contributed by atoms with van der Waals surface area (Å²) in [6.07, 6.45) is 0.650. The van der Waals surface area contributed by atoms with Crippen LogP contribution in [0.15, 0.2) is 59.1 Å². The lowest BCUT2D eigenvalue weighted by molar-refractivity contribution is -0.155. The number of carbonyl (C=O) groups is 6. The molecule has 2 saturated heterocycles. The number of urea groups is 1. The number of aliphatic carboxylic acids is 1. The maximum Gasteiger partial charge on any atom is 0.358 e. The Morgan fingerprint density at radius 1 is 1.02 bits per heavy atom. The molecule has 2 aromatic carbocycles. The highest BCUT2D eigenvalue weighted by atomic mass is 35.5.